The van der Waals surface area contributed by atoms with Gasteiger partial charge < -0.3 is 24.9 Å². The summed E-state index contributed by atoms with van der Waals surface area (Å²) in [7, 11) is -4.36. The van der Waals surface area contributed by atoms with Crippen molar-refractivity contribution in [3.05, 3.63) is 0 Å². The summed E-state index contributed by atoms with van der Waals surface area (Å²) in [5, 5.41) is 21.8. The van der Waals surface area contributed by atoms with Crippen molar-refractivity contribution < 1.29 is 33.8 Å². The van der Waals surface area contributed by atoms with E-state index >= 15 is 0 Å². The van der Waals surface area contributed by atoms with Gasteiger partial charge >= 0.3 is 13.6 Å². The van der Waals surface area contributed by atoms with Crippen LogP contribution in [0.5, 0.6) is 0 Å². The molecule has 1 atom stereocenters. The summed E-state index contributed by atoms with van der Waals surface area (Å²) in [5.41, 5.74) is 0. The Morgan fingerprint density at radius 2 is 2.05 bits per heavy atom. The van der Waals surface area contributed by atoms with E-state index in [0.29, 0.717) is 0 Å². The van der Waals surface area contributed by atoms with Gasteiger partial charge in [0.25, 0.3) is 0 Å². The molecule has 111 valence electrons. The molecule has 0 unspecified atom stereocenters. The molecule has 0 heterocycles. The summed E-state index contributed by atoms with van der Waals surface area (Å²) in [5.74, 6) is -0.552. The minimum Gasteiger partial charge on any atom is -0.394 e. The number of aliphatic hydroxyl groups is 1. The third-order valence-corrected chi connectivity index (χ3v) is 2.10. The number of hydrogen-bond donors (Lipinski definition) is 7. The first kappa shape index (κ1) is 21.8. The standard InChI is InChI=1S/C7H15N4O7P.Na/c8-6(10-3-13)11-7(14)9-1-5(2-12)18-4-19(15,16)17;/h3,5,12H,1-2,4H2,(H2,15,16,17)(H4,8,9,10,11,13,14);/t5-;/m0./s1. The maximum absolute atomic E-state index is 11.1. The normalized spacial score (nSPS) is 11.8. The van der Waals surface area contributed by atoms with Gasteiger partial charge in [-0.1, -0.05) is 0 Å². The van der Waals surface area contributed by atoms with Crippen molar-refractivity contribution in [2.45, 2.75) is 6.10 Å². The number of hydrogen-bond acceptors (Lipinski definition) is 6. The topological polar surface area (TPSA) is 181 Å². The van der Waals surface area contributed by atoms with E-state index in [2.05, 4.69) is 10.1 Å². The molecule has 11 nitrogen and oxygen atoms in total. The third kappa shape index (κ3) is 12.5. The van der Waals surface area contributed by atoms with Gasteiger partial charge in [0.1, 0.15) is 6.35 Å². The molecule has 20 heavy (non-hydrogen) atoms. The number of ether oxygens (including phenoxy) is 1. The van der Waals surface area contributed by atoms with Crippen molar-refractivity contribution in [1.29, 1.82) is 5.41 Å². The molecule has 0 saturated carbocycles. The van der Waals surface area contributed by atoms with E-state index < -0.39 is 38.6 Å². The zero-order valence-electron chi connectivity index (χ0n) is 10.7. The van der Waals surface area contributed by atoms with E-state index in [1.807, 2.05) is 10.6 Å². The van der Waals surface area contributed by atoms with Crippen molar-refractivity contribution in [3.8, 4) is 0 Å². The van der Waals surface area contributed by atoms with E-state index in [-0.39, 0.29) is 42.5 Å². The molecular weight excluding hydrogens is 306 g/mol. The number of urea groups is 1. The molecule has 0 aromatic heterocycles. The van der Waals surface area contributed by atoms with Gasteiger partial charge in [0.15, 0.2) is 0 Å². The van der Waals surface area contributed by atoms with Crippen molar-refractivity contribution in [1.82, 2.24) is 16.0 Å². The Morgan fingerprint density at radius 1 is 1.45 bits per heavy atom. The summed E-state index contributed by atoms with van der Waals surface area (Å²) >= 11 is 0. The Labute approximate surface area is 136 Å². The summed E-state index contributed by atoms with van der Waals surface area (Å²) in [6, 6.07) is -0.849. The summed E-state index contributed by atoms with van der Waals surface area (Å²) in [6.45, 7) is -0.805. The quantitative estimate of drug-likeness (QED) is 0.0862. The van der Waals surface area contributed by atoms with Crippen LogP contribution in [0.2, 0.25) is 0 Å². The second-order valence-corrected chi connectivity index (χ2v) is 4.82. The zero-order chi connectivity index (χ0) is 14.9. The van der Waals surface area contributed by atoms with Gasteiger partial charge in [0.2, 0.25) is 12.4 Å². The molecule has 0 aliphatic heterocycles. The molecule has 0 saturated heterocycles. The molecule has 0 aliphatic rings. The molecular formula is C7H15N4NaO7P. The number of rotatable bonds is 7. The maximum atomic E-state index is 11.1. The van der Waals surface area contributed by atoms with Crippen molar-refractivity contribution in [2.24, 2.45) is 0 Å². The van der Waals surface area contributed by atoms with Crippen LogP contribution in [0.3, 0.4) is 0 Å². The van der Waals surface area contributed by atoms with Gasteiger partial charge in [-0.05, 0) is 0 Å². The first-order chi connectivity index (χ1) is 8.78. The second-order valence-electron chi connectivity index (χ2n) is 3.24. The third-order valence-electron chi connectivity index (χ3n) is 1.61. The van der Waals surface area contributed by atoms with Crippen molar-refractivity contribution in [3.63, 3.8) is 0 Å². The minimum atomic E-state index is -4.36. The first-order valence-corrected chi connectivity index (χ1v) is 6.69. The fourth-order valence-corrected chi connectivity index (χ4v) is 1.24. The fraction of sp³-hybridized carbons (Fsp3) is 0.571. The molecule has 3 amide bonds. The SMILES string of the molecule is N=C(NC=O)NC(=O)NC[C@@H](CO)OCP(=O)(O)O.[Na]. The van der Waals surface area contributed by atoms with E-state index in [1.54, 1.807) is 0 Å². The largest absolute Gasteiger partial charge is 0.394 e. The predicted octanol–water partition coefficient (Wildman–Crippen LogP) is -2.90. The van der Waals surface area contributed by atoms with Gasteiger partial charge in [0.05, 0.1) is 12.7 Å². The van der Waals surface area contributed by atoms with Crippen LogP contribution in [0.4, 0.5) is 4.79 Å². The number of guanidine groups is 1. The predicted molar refractivity (Wildman–Crippen MR) is 68.1 cm³/mol. The first-order valence-electron chi connectivity index (χ1n) is 4.89. The smallest absolute Gasteiger partial charge is 0.350 e. The monoisotopic (exact) mass is 321 g/mol. The van der Waals surface area contributed by atoms with Crippen molar-refractivity contribution in [2.75, 3.05) is 19.5 Å². The van der Waals surface area contributed by atoms with Gasteiger partial charge in [-0.25, -0.2) is 4.79 Å². The number of carbonyl (C=O) groups excluding carboxylic acids is 2. The molecule has 1 radical (unpaired) electrons. The van der Waals surface area contributed by atoms with Gasteiger partial charge in [-0.15, -0.1) is 0 Å². The van der Waals surface area contributed by atoms with Gasteiger partial charge in [-0.3, -0.25) is 25.4 Å². The van der Waals surface area contributed by atoms with E-state index in [1.165, 1.54) is 0 Å². The van der Waals surface area contributed by atoms with E-state index in [4.69, 9.17) is 20.3 Å². The molecule has 0 aromatic carbocycles. The summed E-state index contributed by atoms with van der Waals surface area (Å²) in [6.07, 6.45) is -1.70. The Balaban J connectivity index is 0. The zero-order valence-corrected chi connectivity index (χ0v) is 13.6. The number of amides is 3. The van der Waals surface area contributed by atoms with Crippen molar-refractivity contribution >= 4 is 55.6 Å². The van der Waals surface area contributed by atoms with E-state index in [9.17, 15) is 14.2 Å². The van der Waals surface area contributed by atoms with Crippen LogP contribution in [0.1, 0.15) is 0 Å². The van der Waals surface area contributed by atoms with Gasteiger partial charge in [0, 0.05) is 36.1 Å². The second kappa shape index (κ2) is 11.2. The summed E-state index contributed by atoms with van der Waals surface area (Å²) < 4.78 is 15.2. The van der Waals surface area contributed by atoms with Crippen LogP contribution < -0.4 is 16.0 Å². The Morgan fingerprint density at radius 3 is 2.50 bits per heavy atom. The van der Waals surface area contributed by atoms with Crippen LogP contribution in [-0.4, -0.2) is 88.5 Å². The van der Waals surface area contributed by atoms with Gasteiger partial charge in [-0.2, -0.15) is 0 Å². The average molecular weight is 321 g/mol. The van der Waals surface area contributed by atoms with Crippen LogP contribution in [-0.2, 0) is 14.1 Å². The number of aliphatic hydroxyl groups excluding tert-OH is 1. The van der Waals surface area contributed by atoms with Crippen LogP contribution >= 0.6 is 7.60 Å². The van der Waals surface area contributed by atoms with Crippen LogP contribution in [0.15, 0.2) is 0 Å². The molecule has 0 aliphatic carbocycles. The molecule has 0 fully saturated rings. The average Bonchev–Trinajstić information content (AvgIpc) is 2.28. The minimum absolute atomic E-state index is 0. The van der Waals surface area contributed by atoms with Crippen LogP contribution in [0, 0.1) is 5.41 Å². The Kier molecular flexibility index (Phi) is 12.2. The summed E-state index contributed by atoms with van der Waals surface area (Å²) in [4.78, 5) is 38.2. The molecule has 0 rings (SSSR count). The molecule has 0 spiro atoms. The maximum Gasteiger partial charge on any atom is 0.350 e. The number of nitrogens with one attached hydrogen (secondary N) is 4. The number of carbonyl (C=O) groups is 2. The molecule has 0 aromatic rings. The molecule has 0 bridgehead atoms. The molecule has 13 heteroatoms. The molecule has 7 N–H and O–H groups in total. The Bertz CT molecular complexity index is 376. The van der Waals surface area contributed by atoms with Crippen LogP contribution in [0.25, 0.3) is 0 Å². The Hall–Kier alpha value is -0.520. The fourth-order valence-electron chi connectivity index (χ4n) is 0.838. The van der Waals surface area contributed by atoms with E-state index in [0.717, 1.165) is 0 Å².